The molecule has 0 aromatic heterocycles. The molecule has 148 valence electrons. The Morgan fingerprint density at radius 2 is 1.61 bits per heavy atom. The van der Waals surface area contributed by atoms with E-state index >= 15 is 0 Å². The predicted molar refractivity (Wildman–Crippen MR) is 103 cm³/mol. The molecule has 5 heteroatoms. The average molecular weight is 386 g/mol. The number of halogens is 2. The topological polar surface area (TPSA) is 46.5 Å². The van der Waals surface area contributed by atoms with E-state index in [4.69, 9.17) is 4.74 Å². The van der Waals surface area contributed by atoms with E-state index in [1.165, 1.54) is 24.3 Å². The average Bonchev–Trinajstić information content (AvgIpc) is 3.05. The van der Waals surface area contributed by atoms with Crippen molar-refractivity contribution in [1.82, 2.24) is 0 Å². The molecule has 1 saturated heterocycles. The van der Waals surface area contributed by atoms with Gasteiger partial charge in [0.1, 0.15) is 11.6 Å². The van der Waals surface area contributed by atoms with Gasteiger partial charge in [-0.2, -0.15) is 0 Å². The van der Waals surface area contributed by atoms with Crippen molar-refractivity contribution in [3.8, 4) is 0 Å². The molecular formula is C23H24F2O3. The van der Waals surface area contributed by atoms with E-state index in [1.54, 1.807) is 31.2 Å². The SMILES string of the molecule is C/C(C[C@@H]1[C@@H](Cc2ccc(F)cc2)CO[C@@H]1c1ccc(F)cc1)=C(\C)C(=O)O. The molecule has 3 atom stereocenters. The number of carbonyl (C=O) groups is 1. The molecule has 0 saturated carbocycles. The first-order chi connectivity index (χ1) is 13.3. The number of allylic oxidation sites excluding steroid dienone is 1. The quantitative estimate of drug-likeness (QED) is 0.683. The highest BCUT2D eigenvalue weighted by Crippen LogP contribution is 2.43. The van der Waals surface area contributed by atoms with Gasteiger partial charge in [-0.1, -0.05) is 29.8 Å². The third-order valence-electron chi connectivity index (χ3n) is 5.60. The van der Waals surface area contributed by atoms with Crippen molar-refractivity contribution in [2.24, 2.45) is 11.8 Å². The summed E-state index contributed by atoms with van der Waals surface area (Å²) in [4.78, 5) is 11.3. The fourth-order valence-electron chi connectivity index (χ4n) is 3.81. The maximum atomic E-state index is 13.3. The fourth-order valence-corrected chi connectivity index (χ4v) is 3.81. The van der Waals surface area contributed by atoms with Crippen LogP contribution < -0.4 is 0 Å². The molecule has 2 aromatic carbocycles. The Hall–Kier alpha value is -2.53. The van der Waals surface area contributed by atoms with Gasteiger partial charge < -0.3 is 9.84 Å². The molecule has 0 amide bonds. The van der Waals surface area contributed by atoms with Crippen LogP contribution in [0.2, 0.25) is 0 Å². The van der Waals surface area contributed by atoms with Gasteiger partial charge in [0.2, 0.25) is 0 Å². The molecule has 1 aliphatic heterocycles. The first-order valence-electron chi connectivity index (χ1n) is 9.36. The summed E-state index contributed by atoms with van der Waals surface area (Å²) in [5.41, 5.74) is 3.04. The van der Waals surface area contributed by atoms with Crippen LogP contribution in [-0.4, -0.2) is 17.7 Å². The van der Waals surface area contributed by atoms with Crippen molar-refractivity contribution in [3.05, 3.63) is 82.4 Å². The molecule has 3 rings (SSSR count). The van der Waals surface area contributed by atoms with E-state index in [1.807, 2.05) is 6.92 Å². The van der Waals surface area contributed by atoms with Crippen molar-refractivity contribution >= 4 is 5.97 Å². The highest BCUT2D eigenvalue weighted by Gasteiger charge is 2.38. The molecule has 2 aromatic rings. The van der Waals surface area contributed by atoms with Gasteiger partial charge in [-0.3, -0.25) is 0 Å². The van der Waals surface area contributed by atoms with E-state index in [0.717, 1.165) is 16.7 Å². The zero-order valence-corrected chi connectivity index (χ0v) is 16.0. The van der Waals surface area contributed by atoms with Crippen LogP contribution in [0.1, 0.15) is 37.5 Å². The van der Waals surface area contributed by atoms with Crippen LogP contribution in [0, 0.1) is 23.5 Å². The standard InChI is InChI=1S/C23H24F2O3/c1-14(15(2)23(26)27)11-21-18(12-16-3-7-19(24)8-4-16)13-28-22(21)17-5-9-20(25)10-6-17/h3-10,18,21-22H,11-13H2,1-2H3,(H,26,27)/b15-14-/t18-,21+,22+/m0/s1. The van der Waals surface area contributed by atoms with Crippen LogP contribution >= 0.6 is 0 Å². The van der Waals surface area contributed by atoms with Gasteiger partial charge in [-0.15, -0.1) is 0 Å². The van der Waals surface area contributed by atoms with Gasteiger partial charge >= 0.3 is 5.97 Å². The molecular weight excluding hydrogens is 362 g/mol. The predicted octanol–water partition coefficient (Wildman–Crippen LogP) is 5.32. The number of ether oxygens (including phenoxy) is 1. The van der Waals surface area contributed by atoms with E-state index in [9.17, 15) is 18.7 Å². The van der Waals surface area contributed by atoms with Crippen LogP contribution in [0.3, 0.4) is 0 Å². The smallest absolute Gasteiger partial charge is 0.331 e. The molecule has 0 radical (unpaired) electrons. The lowest BCUT2D eigenvalue weighted by Gasteiger charge is -2.24. The second-order valence-electron chi connectivity index (χ2n) is 7.47. The summed E-state index contributed by atoms with van der Waals surface area (Å²) >= 11 is 0. The monoisotopic (exact) mass is 386 g/mol. The number of rotatable bonds is 6. The molecule has 1 heterocycles. The Morgan fingerprint density at radius 1 is 1.04 bits per heavy atom. The summed E-state index contributed by atoms with van der Waals surface area (Å²) in [6, 6.07) is 12.7. The fraction of sp³-hybridized carbons (Fsp3) is 0.348. The van der Waals surface area contributed by atoms with Crippen LogP contribution in [0.15, 0.2) is 59.7 Å². The Kier molecular flexibility index (Phi) is 6.25. The summed E-state index contributed by atoms with van der Waals surface area (Å²) < 4.78 is 32.6. The van der Waals surface area contributed by atoms with Crippen molar-refractivity contribution in [2.75, 3.05) is 6.61 Å². The summed E-state index contributed by atoms with van der Waals surface area (Å²) in [7, 11) is 0. The molecule has 1 N–H and O–H groups in total. The maximum absolute atomic E-state index is 13.3. The Bertz CT molecular complexity index is 856. The Morgan fingerprint density at radius 3 is 2.18 bits per heavy atom. The van der Waals surface area contributed by atoms with E-state index < -0.39 is 5.97 Å². The maximum Gasteiger partial charge on any atom is 0.331 e. The highest BCUT2D eigenvalue weighted by molar-refractivity contribution is 5.86. The molecule has 0 unspecified atom stereocenters. The van der Waals surface area contributed by atoms with Gasteiger partial charge in [-0.05, 0) is 73.9 Å². The number of carboxylic acid groups (broad SMARTS) is 1. The Labute approximate surface area is 163 Å². The summed E-state index contributed by atoms with van der Waals surface area (Å²) in [5, 5.41) is 9.30. The normalized spacial score (nSPS) is 22.8. The third-order valence-corrected chi connectivity index (χ3v) is 5.60. The highest BCUT2D eigenvalue weighted by atomic mass is 19.1. The minimum absolute atomic E-state index is 0.0461. The molecule has 1 aliphatic rings. The largest absolute Gasteiger partial charge is 0.478 e. The number of carboxylic acids is 1. The lowest BCUT2D eigenvalue weighted by Crippen LogP contribution is -2.19. The second-order valence-corrected chi connectivity index (χ2v) is 7.47. The third kappa shape index (κ3) is 4.65. The molecule has 28 heavy (non-hydrogen) atoms. The van der Waals surface area contributed by atoms with Gasteiger partial charge in [0, 0.05) is 5.57 Å². The molecule has 0 spiro atoms. The van der Waals surface area contributed by atoms with Gasteiger partial charge in [0.15, 0.2) is 0 Å². The number of aliphatic carboxylic acids is 1. The summed E-state index contributed by atoms with van der Waals surface area (Å²) in [5.74, 6) is -1.31. The molecule has 1 fully saturated rings. The van der Waals surface area contributed by atoms with Crippen LogP contribution in [-0.2, 0) is 16.0 Å². The Balaban J connectivity index is 1.87. The number of benzene rings is 2. The molecule has 0 bridgehead atoms. The van der Waals surface area contributed by atoms with Crippen LogP contribution in [0.5, 0.6) is 0 Å². The van der Waals surface area contributed by atoms with Crippen molar-refractivity contribution in [2.45, 2.75) is 32.8 Å². The zero-order chi connectivity index (χ0) is 20.3. The van der Waals surface area contributed by atoms with Crippen molar-refractivity contribution < 1.29 is 23.4 Å². The number of hydrogen-bond acceptors (Lipinski definition) is 2. The lowest BCUT2D eigenvalue weighted by molar-refractivity contribution is -0.132. The van der Waals surface area contributed by atoms with Gasteiger partial charge in [0.25, 0.3) is 0 Å². The van der Waals surface area contributed by atoms with Crippen molar-refractivity contribution in [1.29, 1.82) is 0 Å². The zero-order valence-electron chi connectivity index (χ0n) is 16.0. The minimum Gasteiger partial charge on any atom is -0.478 e. The van der Waals surface area contributed by atoms with Crippen molar-refractivity contribution in [3.63, 3.8) is 0 Å². The first-order valence-corrected chi connectivity index (χ1v) is 9.36. The molecule has 0 aliphatic carbocycles. The van der Waals surface area contributed by atoms with E-state index in [-0.39, 0.29) is 29.6 Å². The molecule has 3 nitrogen and oxygen atoms in total. The van der Waals surface area contributed by atoms with Gasteiger partial charge in [0.05, 0.1) is 12.7 Å². The summed E-state index contributed by atoms with van der Waals surface area (Å²) in [6.07, 6.45) is 1.05. The van der Waals surface area contributed by atoms with Gasteiger partial charge in [-0.25, -0.2) is 13.6 Å². The van der Waals surface area contributed by atoms with Crippen LogP contribution in [0.25, 0.3) is 0 Å². The number of hydrogen-bond donors (Lipinski definition) is 1. The van der Waals surface area contributed by atoms with E-state index in [0.29, 0.717) is 25.0 Å². The minimum atomic E-state index is -0.926. The van der Waals surface area contributed by atoms with Crippen LogP contribution in [0.4, 0.5) is 8.78 Å². The lowest BCUT2D eigenvalue weighted by atomic mass is 9.79. The summed E-state index contributed by atoms with van der Waals surface area (Å²) in [6.45, 7) is 3.96. The first kappa shape index (κ1) is 20.2. The second kappa shape index (κ2) is 8.65. The van der Waals surface area contributed by atoms with E-state index in [2.05, 4.69) is 0 Å².